The second-order valence-corrected chi connectivity index (χ2v) is 18.7. The number of hydrogen-bond donors (Lipinski definition) is 0. The van der Waals surface area contributed by atoms with Crippen molar-refractivity contribution in [2.24, 2.45) is 0 Å². The summed E-state index contributed by atoms with van der Waals surface area (Å²) in [7, 11) is 0. The number of para-hydroxylation sites is 4. The lowest BCUT2D eigenvalue weighted by molar-refractivity contribution is 0.559. The van der Waals surface area contributed by atoms with Crippen LogP contribution in [0.1, 0.15) is 77.6 Å². The predicted octanol–water partition coefficient (Wildman–Crippen LogP) is 14.7. The molecular weight excluding hydrogens is 681 g/mol. The molecule has 0 N–H and O–H groups in total. The van der Waals surface area contributed by atoms with Gasteiger partial charge < -0.3 is 13.6 Å². The molecule has 0 unspecified atom stereocenters. The molecule has 274 valence electrons. The number of fused-ring (bicyclic) bond motifs is 15. The van der Waals surface area contributed by atoms with Gasteiger partial charge in [-0.1, -0.05) is 134 Å². The van der Waals surface area contributed by atoms with Crippen molar-refractivity contribution in [3.8, 4) is 22.5 Å². The van der Waals surface area contributed by atoms with E-state index in [1.807, 2.05) is 0 Å². The van der Waals surface area contributed by atoms with Gasteiger partial charge in [-0.15, -0.1) is 0 Å². The first-order valence-electron chi connectivity index (χ1n) is 20.0. The Labute approximate surface area is 327 Å². The van der Waals surface area contributed by atoms with Gasteiger partial charge in [0.25, 0.3) is 0 Å². The maximum absolute atomic E-state index is 7.35. The molecule has 1 aliphatic rings. The van der Waals surface area contributed by atoms with Crippen LogP contribution < -0.4 is 0 Å². The maximum atomic E-state index is 7.35. The Morgan fingerprint density at radius 2 is 1.05 bits per heavy atom. The van der Waals surface area contributed by atoms with Gasteiger partial charge in [0.1, 0.15) is 11.2 Å². The summed E-state index contributed by atoms with van der Waals surface area (Å²) in [6.07, 6.45) is 0. The van der Waals surface area contributed by atoms with Gasteiger partial charge in [-0.05, 0) is 82.1 Å². The summed E-state index contributed by atoms with van der Waals surface area (Å²) in [5.74, 6) is 0. The van der Waals surface area contributed by atoms with Gasteiger partial charge in [0.05, 0.1) is 27.8 Å². The number of aromatic nitrogens is 2. The van der Waals surface area contributed by atoms with Crippen LogP contribution in [0.5, 0.6) is 0 Å². The van der Waals surface area contributed by atoms with Crippen LogP contribution in [0.25, 0.3) is 88.1 Å². The number of benzene rings is 7. The van der Waals surface area contributed by atoms with E-state index in [-0.39, 0.29) is 16.2 Å². The highest BCUT2D eigenvalue weighted by atomic mass is 16.3. The standard InChI is InChI=1S/C53H46N2O/c1-51(2,3)31-25-41-40-27-32-26-39(49(40)56-50(41)43(28-31)52(4,5)6)38-30-33(54-44-21-13-9-17-34(44)35-18-10-14-22-45(35)54)29-37-36-19-11-15-23-46(36)55(48(37)38)47-24-16-12-20-42(47)53(32,7)8/h9-30H,1-8H3. The van der Waals surface area contributed by atoms with Crippen molar-refractivity contribution in [3.05, 3.63) is 156 Å². The average Bonchev–Trinajstić information content (AvgIpc) is 3.84. The van der Waals surface area contributed by atoms with Crippen LogP contribution in [0.4, 0.5) is 0 Å². The molecule has 4 heterocycles. The lowest BCUT2D eigenvalue weighted by atomic mass is 9.76. The fraction of sp³-hybridized carbons (Fsp3) is 0.208. The summed E-state index contributed by atoms with van der Waals surface area (Å²) in [5, 5.41) is 7.35. The van der Waals surface area contributed by atoms with Crippen LogP contribution in [-0.2, 0) is 16.2 Å². The summed E-state index contributed by atoms with van der Waals surface area (Å²) in [5.41, 5.74) is 16.1. The van der Waals surface area contributed by atoms with E-state index in [1.165, 1.54) is 87.9 Å². The van der Waals surface area contributed by atoms with Crippen LogP contribution in [0.3, 0.4) is 0 Å². The Morgan fingerprint density at radius 1 is 0.482 bits per heavy atom. The van der Waals surface area contributed by atoms with Crippen LogP contribution >= 0.6 is 0 Å². The highest BCUT2D eigenvalue weighted by Gasteiger charge is 2.34. The number of rotatable bonds is 1. The summed E-state index contributed by atoms with van der Waals surface area (Å²) in [6.45, 7) is 18.7. The van der Waals surface area contributed by atoms with Crippen molar-refractivity contribution >= 4 is 65.6 Å². The van der Waals surface area contributed by atoms with E-state index in [9.17, 15) is 0 Å². The minimum absolute atomic E-state index is 0.0247. The molecule has 7 aromatic carbocycles. The molecule has 0 saturated heterocycles. The number of furan rings is 1. The zero-order valence-electron chi connectivity index (χ0n) is 33.5. The lowest BCUT2D eigenvalue weighted by Crippen LogP contribution is -2.21. The molecule has 0 amide bonds. The van der Waals surface area contributed by atoms with Crippen LogP contribution in [0.2, 0.25) is 0 Å². The third-order valence-electron chi connectivity index (χ3n) is 12.8. The van der Waals surface area contributed by atoms with E-state index in [0.717, 1.165) is 22.4 Å². The van der Waals surface area contributed by atoms with Crippen molar-refractivity contribution in [1.82, 2.24) is 9.13 Å². The quantitative estimate of drug-likeness (QED) is 0.165. The molecule has 0 fully saturated rings. The van der Waals surface area contributed by atoms with Gasteiger partial charge in [0, 0.05) is 60.1 Å². The van der Waals surface area contributed by atoms with E-state index < -0.39 is 0 Å². The summed E-state index contributed by atoms with van der Waals surface area (Å²) >= 11 is 0. The van der Waals surface area contributed by atoms with Gasteiger partial charge in [-0.25, -0.2) is 0 Å². The van der Waals surface area contributed by atoms with Crippen LogP contribution in [0.15, 0.2) is 138 Å². The minimum Gasteiger partial charge on any atom is -0.455 e. The van der Waals surface area contributed by atoms with E-state index in [2.05, 4.69) is 198 Å². The molecule has 2 bridgehead atoms. The van der Waals surface area contributed by atoms with Crippen molar-refractivity contribution in [2.75, 3.05) is 0 Å². The SMILES string of the molecule is CC(C)(C)c1cc(C(C)(C)C)c2oc3c4cc(cc3c2c1)C(C)(C)c1ccccc1-n1c2ccccc2c2cc(-n3c5ccccc5c5ccccc53)cc-4c21. The molecule has 1 aliphatic heterocycles. The van der Waals surface area contributed by atoms with Crippen LogP contribution in [0, 0.1) is 0 Å². The smallest absolute Gasteiger partial charge is 0.143 e. The highest BCUT2D eigenvalue weighted by Crippen LogP contribution is 2.51. The molecule has 0 aliphatic carbocycles. The molecule has 0 saturated carbocycles. The third-order valence-corrected chi connectivity index (χ3v) is 12.8. The third kappa shape index (κ3) is 4.46. The largest absolute Gasteiger partial charge is 0.455 e. The fourth-order valence-corrected chi connectivity index (χ4v) is 9.75. The fourth-order valence-electron chi connectivity index (χ4n) is 9.75. The Kier molecular flexibility index (Phi) is 6.56. The Bertz CT molecular complexity index is 3240. The number of hydrogen-bond acceptors (Lipinski definition) is 1. The normalized spacial score (nSPS) is 14.2. The summed E-state index contributed by atoms with van der Waals surface area (Å²) < 4.78 is 12.3. The molecule has 10 aromatic rings. The van der Waals surface area contributed by atoms with E-state index >= 15 is 0 Å². The van der Waals surface area contributed by atoms with Crippen molar-refractivity contribution < 1.29 is 4.42 Å². The van der Waals surface area contributed by atoms with E-state index in [1.54, 1.807) is 0 Å². The highest BCUT2D eigenvalue weighted by molar-refractivity contribution is 6.19. The minimum atomic E-state index is -0.326. The maximum Gasteiger partial charge on any atom is 0.143 e. The summed E-state index contributed by atoms with van der Waals surface area (Å²) in [6, 6.07) is 50.2. The molecule has 0 radical (unpaired) electrons. The Hall–Kier alpha value is -6.06. The first kappa shape index (κ1) is 33.3. The van der Waals surface area contributed by atoms with Crippen molar-refractivity contribution in [3.63, 3.8) is 0 Å². The van der Waals surface area contributed by atoms with Crippen molar-refractivity contribution in [1.29, 1.82) is 0 Å². The number of nitrogens with zero attached hydrogens (tertiary/aromatic N) is 2. The molecule has 11 rings (SSSR count). The molecule has 0 atom stereocenters. The first-order valence-corrected chi connectivity index (χ1v) is 20.0. The Balaban J connectivity index is 1.39. The van der Waals surface area contributed by atoms with Gasteiger partial charge in [0.2, 0.25) is 0 Å². The average molecular weight is 727 g/mol. The summed E-state index contributed by atoms with van der Waals surface area (Å²) in [4.78, 5) is 0. The zero-order chi connectivity index (χ0) is 38.5. The topological polar surface area (TPSA) is 23.0 Å². The second-order valence-electron chi connectivity index (χ2n) is 18.7. The van der Waals surface area contributed by atoms with Crippen LogP contribution in [-0.4, -0.2) is 9.13 Å². The lowest BCUT2D eigenvalue weighted by Gasteiger charge is -2.29. The van der Waals surface area contributed by atoms with Crippen molar-refractivity contribution in [2.45, 2.75) is 71.6 Å². The van der Waals surface area contributed by atoms with Gasteiger partial charge in [-0.2, -0.15) is 0 Å². The first-order chi connectivity index (χ1) is 26.8. The molecule has 3 aromatic heterocycles. The molecule has 56 heavy (non-hydrogen) atoms. The van der Waals surface area contributed by atoms with Gasteiger partial charge in [0.15, 0.2) is 0 Å². The monoisotopic (exact) mass is 726 g/mol. The van der Waals surface area contributed by atoms with E-state index in [0.29, 0.717) is 0 Å². The molecular formula is C53H46N2O. The molecule has 0 spiro atoms. The zero-order valence-corrected chi connectivity index (χ0v) is 33.5. The van der Waals surface area contributed by atoms with E-state index in [4.69, 9.17) is 4.42 Å². The molecule has 3 nitrogen and oxygen atoms in total. The second kappa shape index (κ2) is 11.0. The Morgan fingerprint density at radius 3 is 1.70 bits per heavy atom. The predicted molar refractivity (Wildman–Crippen MR) is 237 cm³/mol. The van der Waals surface area contributed by atoms with Gasteiger partial charge >= 0.3 is 0 Å². The molecule has 3 heteroatoms. The van der Waals surface area contributed by atoms with Gasteiger partial charge in [-0.3, -0.25) is 0 Å².